The van der Waals surface area contributed by atoms with Gasteiger partial charge in [-0.2, -0.15) is 5.10 Å². The van der Waals surface area contributed by atoms with E-state index in [4.69, 9.17) is 4.74 Å². The molecule has 1 atom stereocenters. The second-order valence-electron chi connectivity index (χ2n) is 10.2. The van der Waals surface area contributed by atoms with Crippen LogP contribution in [0.2, 0.25) is 0 Å². The predicted octanol–water partition coefficient (Wildman–Crippen LogP) is 3.58. The van der Waals surface area contributed by atoms with Gasteiger partial charge in [0.15, 0.2) is 0 Å². The lowest BCUT2D eigenvalue weighted by molar-refractivity contribution is -0.136. The van der Waals surface area contributed by atoms with Crippen LogP contribution in [-0.2, 0) is 29.7 Å². The first-order chi connectivity index (χ1) is 19.0. The summed E-state index contributed by atoms with van der Waals surface area (Å²) in [4.78, 5) is 38.0. The number of fused-ring (bicyclic) bond motifs is 1. The quantitative estimate of drug-likeness (QED) is 0.275. The van der Waals surface area contributed by atoms with Crippen molar-refractivity contribution in [2.24, 2.45) is 7.05 Å². The number of nitrogens with zero attached hydrogens (tertiary/aromatic N) is 3. The van der Waals surface area contributed by atoms with E-state index in [1.54, 1.807) is 11.0 Å². The summed E-state index contributed by atoms with van der Waals surface area (Å²) in [6, 6.07) is 17.3. The van der Waals surface area contributed by atoms with Gasteiger partial charge in [0.25, 0.3) is 5.91 Å². The van der Waals surface area contributed by atoms with E-state index in [2.05, 4.69) is 33.9 Å². The lowest BCUT2D eigenvalue weighted by Gasteiger charge is -2.29. The highest BCUT2D eigenvalue weighted by Gasteiger charge is 2.39. The van der Waals surface area contributed by atoms with Gasteiger partial charge in [0.2, 0.25) is 11.8 Å². The van der Waals surface area contributed by atoms with Crippen LogP contribution in [0, 0.1) is 0 Å². The molecule has 2 aliphatic heterocycles. The first-order valence-electron chi connectivity index (χ1n) is 13.7. The topological polar surface area (TPSA) is 106 Å². The van der Waals surface area contributed by atoms with Gasteiger partial charge in [-0.3, -0.25) is 24.4 Å². The number of carbonyl (C=O) groups is 3. The van der Waals surface area contributed by atoms with Crippen LogP contribution in [0.25, 0.3) is 11.3 Å². The predicted molar refractivity (Wildman–Crippen MR) is 147 cm³/mol. The van der Waals surface area contributed by atoms with Gasteiger partial charge < -0.3 is 15.0 Å². The van der Waals surface area contributed by atoms with Gasteiger partial charge in [0.1, 0.15) is 11.8 Å². The normalized spacial score (nSPS) is 16.9. The fraction of sp³-hybridized carbons (Fsp3) is 0.400. The van der Waals surface area contributed by atoms with Crippen molar-refractivity contribution in [3.05, 3.63) is 71.4 Å². The van der Waals surface area contributed by atoms with Crippen molar-refractivity contribution in [2.45, 2.75) is 57.7 Å². The summed E-state index contributed by atoms with van der Waals surface area (Å²) < 4.78 is 7.87. The standard InChI is InChI=1S/C30H35N5O4/c1-34-27(21-9-5-4-6-10-21)18-23(33-34)19-31-15-7-2-3-8-16-39-24-11-12-25-22(17-24)20-35(30(25)38)26-13-14-28(36)32-29(26)37/h4-6,9-12,17-18,26,31H,2-3,7-8,13-16,19-20H2,1H3,(H,32,36,37). The summed E-state index contributed by atoms with van der Waals surface area (Å²) in [6.45, 7) is 2.68. The summed E-state index contributed by atoms with van der Waals surface area (Å²) in [7, 11) is 1.98. The number of piperidine rings is 1. The van der Waals surface area contributed by atoms with Crippen molar-refractivity contribution < 1.29 is 19.1 Å². The molecular weight excluding hydrogens is 494 g/mol. The molecule has 1 fully saturated rings. The van der Waals surface area contributed by atoms with Gasteiger partial charge >= 0.3 is 0 Å². The number of amides is 3. The summed E-state index contributed by atoms with van der Waals surface area (Å²) in [5.41, 5.74) is 4.79. The summed E-state index contributed by atoms with van der Waals surface area (Å²) in [6.07, 6.45) is 4.86. The highest BCUT2D eigenvalue weighted by Crippen LogP contribution is 2.30. The third kappa shape index (κ3) is 6.37. The Labute approximate surface area is 228 Å². The van der Waals surface area contributed by atoms with Crippen LogP contribution < -0.4 is 15.4 Å². The molecular formula is C30H35N5O4. The Morgan fingerprint density at radius 3 is 2.67 bits per heavy atom. The fourth-order valence-electron chi connectivity index (χ4n) is 5.24. The molecule has 3 aromatic rings. The molecule has 9 nitrogen and oxygen atoms in total. The molecule has 3 heterocycles. The van der Waals surface area contributed by atoms with E-state index in [0.717, 1.165) is 61.5 Å². The number of hydrogen-bond donors (Lipinski definition) is 2. The van der Waals surface area contributed by atoms with Crippen LogP contribution in [0.5, 0.6) is 5.75 Å². The highest BCUT2D eigenvalue weighted by atomic mass is 16.5. The zero-order valence-corrected chi connectivity index (χ0v) is 22.3. The lowest BCUT2D eigenvalue weighted by atomic mass is 10.0. The number of aromatic nitrogens is 2. The van der Waals surface area contributed by atoms with E-state index in [9.17, 15) is 14.4 Å². The molecule has 0 saturated carbocycles. The molecule has 1 aromatic heterocycles. The van der Waals surface area contributed by atoms with Crippen molar-refractivity contribution >= 4 is 17.7 Å². The monoisotopic (exact) mass is 529 g/mol. The van der Waals surface area contributed by atoms with E-state index in [0.29, 0.717) is 25.1 Å². The van der Waals surface area contributed by atoms with Crippen LogP contribution >= 0.6 is 0 Å². The SMILES string of the molecule is Cn1nc(CNCCCCCCOc2ccc3c(c2)CN(C2CCC(=O)NC2=O)C3=O)cc1-c1ccccc1. The van der Waals surface area contributed by atoms with Gasteiger partial charge in [-0.15, -0.1) is 0 Å². The Bertz CT molecular complexity index is 1340. The Hall–Kier alpha value is -3.98. The molecule has 0 bridgehead atoms. The number of carbonyl (C=O) groups excluding carboxylic acids is 3. The Kier molecular flexibility index (Phi) is 8.36. The van der Waals surface area contributed by atoms with E-state index in [1.807, 2.05) is 42.1 Å². The average molecular weight is 530 g/mol. The van der Waals surface area contributed by atoms with Gasteiger partial charge in [0, 0.05) is 32.1 Å². The Morgan fingerprint density at radius 2 is 1.85 bits per heavy atom. The van der Waals surface area contributed by atoms with Crippen molar-refractivity contribution in [1.82, 2.24) is 25.3 Å². The number of benzene rings is 2. The smallest absolute Gasteiger partial charge is 0.255 e. The zero-order chi connectivity index (χ0) is 27.2. The molecule has 0 radical (unpaired) electrons. The second-order valence-corrected chi connectivity index (χ2v) is 10.2. The molecule has 3 amide bonds. The third-order valence-electron chi connectivity index (χ3n) is 7.32. The highest BCUT2D eigenvalue weighted by molar-refractivity contribution is 6.05. The average Bonchev–Trinajstić information content (AvgIpc) is 3.47. The second kappa shape index (κ2) is 12.3. The van der Waals surface area contributed by atoms with E-state index in [-0.39, 0.29) is 18.2 Å². The van der Waals surface area contributed by atoms with Crippen LogP contribution in [0.1, 0.15) is 60.1 Å². The largest absolute Gasteiger partial charge is 0.494 e. The first-order valence-corrected chi connectivity index (χ1v) is 13.7. The first kappa shape index (κ1) is 26.6. The maximum Gasteiger partial charge on any atom is 0.255 e. The van der Waals surface area contributed by atoms with Crippen molar-refractivity contribution in [2.75, 3.05) is 13.2 Å². The number of imide groups is 1. The van der Waals surface area contributed by atoms with Crippen molar-refractivity contribution in [3.63, 3.8) is 0 Å². The molecule has 2 aliphatic rings. The summed E-state index contributed by atoms with van der Waals surface area (Å²) in [5, 5.41) is 10.4. The molecule has 9 heteroatoms. The molecule has 5 rings (SSSR count). The molecule has 204 valence electrons. The molecule has 39 heavy (non-hydrogen) atoms. The van der Waals surface area contributed by atoms with Crippen LogP contribution in [0.15, 0.2) is 54.6 Å². The zero-order valence-electron chi connectivity index (χ0n) is 22.3. The molecule has 0 aliphatic carbocycles. The number of nitrogens with one attached hydrogen (secondary N) is 2. The van der Waals surface area contributed by atoms with Crippen LogP contribution in [0.3, 0.4) is 0 Å². The molecule has 2 N–H and O–H groups in total. The molecule has 1 unspecified atom stereocenters. The van der Waals surface area contributed by atoms with Crippen LogP contribution in [0.4, 0.5) is 0 Å². The van der Waals surface area contributed by atoms with Crippen LogP contribution in [-0.4, -0.2) is 51.6 Å². The minimum Gasteiger partial charge on any atom is -0.494 e. The van der Waals surface area contributed by atoms with E-state index >= 15 is 0 Å². The minimum atomic E-state index is -0.600. The fourth-order valence-corrected chi connectivity index (χ4v) is 5.24. The summed E-state index contributed by atoms with van der Waals surface area (Å²) in [5.74, 6) is -0.111. The number of aryl methyl sites for hydroxylation is 1. The number of ether oxygens (including phenoxy) is 1. The van der Waals surface area contributed by atoms with E-state index in [1.165, 1.54) is 5.56 Å². The Morgan fingerprint density at radius 1 is 1.03 bits per heavy atom. The van der Waals surface area contributed by atoms with Gasteiger partial charge in [-0.25, -0.2) is 0 Å². The maximum atomic E-state index is 12.8. The third-order valence-corrected chi connectivity index (χ3v) is 7.32. The maximum absolute atomic E-state index is 12.8. The number of rotatable bonds is 12. The van der Waals surface area contributed by atoms with Gasteiger partial charge in [-0.05, 0) is 61.2 Å². The van der Waals surface area contributed by atoms with Gasteiger partial charge in [0.05, 0.1) is 18.0 Å². The van der Waals surface area contributed by atoms with Gasteiger partial charge in [-0.1, -0.05) is 43.2 Å². The number of unbranched alkanes of at least 4 members (excludes halogenated alkanes) is 3. The van der Waals surface area contributed by atoms with E-state index < -0.39 is 11.9 Å². The molecule has 0 spiro atoms. The molecule has 1 saturated heterocycles. The van der Waals surface area contributed by atoms with Crippen molar-refractivity contribution in [3.8, 4) is 17.0 Å². The Balaban J connectivity index is 0.974. The summed E-state index contributed by atoms with van der Waals surface area (Å²) >= 11 is 0. The minimum absolute atomic E-state index is 0.167. The number of hydrogen-bond acceptors (Lipinski definition) is 6. The van der Waals surface area contributed by atoms with Crippen molar-refractivity contribution in [1.29, 1.82) is 0 Å². The molecule has 2 aromatic carbocycles. The lowest BCUT2D eigenvalue weighted by Crippen LogP contribution is -2.52.